The van der Waals surface area contributed by atoms with Gasteiger partial charge in [0.05, 0.1) is 4.92 Å². The van der Waals surface area contributed by atoms with E-state index in [2.05, 4.69) is 0 Å². The third-order valence-corrected chi connectivity index (χ3v) is 2.62. The summed E-state index contributed by atoms with van der Waals surface area (Å²) in [7, 11) is 0. The highest BCUT2D eigenvalue weighted by atomic mass is 16.6. The molecule has 0 aromatic heterocycles. The van der Waals surface area contributed by atoms with E-state index in [0.29, 0.717) is 12.8 Å². The predicted molar refractivity (Wildman–Crippen MR) is 69.1 cm³/mol. The fourth-order valence-electron chi connectivity index (χ4n) is 1.55. The van der Waals surface area contributed by atoms with E-state index >= 15 is 0 Å². The first-order valence-corrected chi connectivity index (χ1v) is 5.77. The maximum Gasteiger partial charge on any atom is 0.311 e. The lowest BCUT2D eigenvalue weighted by Crippen LogP contribution is -2.32. The Kier molecular flexibility index (Phi) is 4.65. The van der Waals surface area contributed by atoms with Crippen LogP contribution >= 0.6 is 0 Å². The Balaban J connectivity index is 3.08. The lowest BCUT2D eigenvalue weighted by atomic mass is 10.1. The second-order valence-corrected chi connectivity index (χ2v) is 3.88. The second kappa shape index (κ2) is 6.00. The van der Waals surface area contributed by atoms with Gasteiger partial charge < -0.3 is 10.5 Å². The van der Waals surface area contributed by atoms with Gasteiger partial charge in [0.1, 0.15) is 5.84 Å². The van der Waals surface area contributed by atoms with E-state index in [1.807, 2.05) is 6.92 Å². The molecule has 3 N–H and O–H groups in total. The molecule has 6 nitrogen and oxygen atoms in total. The van der Waals surface area contributed by atoms with Crippen molar-refractivity contribution in [1.29, 1.82) is 5.41 Å². The maximum absolute atomic E-state index is 11.0. The number of rotatable bonds is 6. The van der Waals surface area contributed by atoms with Crippen LogP contribution in [0.3, 0.4) is 0 Å². The number of ether oxygens (including phenoxy) is 1. The molecule has 0 saturated heterocycles. The average molecular weight is 251 g/mol. The predicted octanol–water partition coefficient (Wildman–Crippen LogP) is 2.25. The smallest absolute Gasteiger partial charge is 0.311 e. The maximum atomic E-state index is 11.0. The Morgan fingerprint density at radius 1 is 1.56 bits per heavy atom. The molecule has 0 amide bonds. The highest BCUT2D eigenvalue weighted by molar-refractivity contribution is 5.82. The molecule has 18 heavy (non-hydrogen) atoms. The van der Waals surface area contributed by atoms with Gasteiger partial charge in [0.2, 0.25) is 0 Å². The molecule has 0 aliphatic heterocycles. The van der Waals surface area contributed by atoms with Gasteiger partial charge in [-0.2, -0.15) is 0 Å². The van der Waals surface area contributed by atoms with Gasteiger partial charge in [0.25, 0.3) is 0 Å². The van der Waals surface area contributed by atoms with E-state index in [9.17, 15) is 10.1 Å². The lowest BCUT2D eigenvalue weighted by Gasteiger charge is -2.16. The van der Waals surface area contributed by atoms with Gasteiger partial charge in [0, 0.05) is 6.07 Å². The Bertz CT molecular complexity index is 460. The zero-order valence-electron chi connectivity index (χ0n) is 10.5. The van der Waals surface area contributed by atoms with Crippen molar-refractivity contribution in [3.63, 3.8) is 0 Å². The number of nitro benzene ring substituents is 1. The molecule has 0 spiro atoms. The lowest BCUT2D eigenvalue weighted by molar-refractivity contribution is -0.386. The Hall–Kier alpha value is -2.11. The quantitative estimate of drug-likeness (QED) is 0.350. The molecule has 6 heteroatoms. The molecule has 0 saturated carbocycles. The van der Waals surface area contributed by atoms with Crippen molar-refractivity contribution in [3.8, 4) is 5.75 Å². The molecular weight excluding hydrogens is 234 g/mol. The van der Waals surface area contributed by atoms with Crippen molar-refractivity contribution in [3.05, 3.63) is 33.9 Å². The largest absolute Gasteiger partial charge is 0.475 e. The number of nitrogens with zero attached hydrogens (tertiary/aromatic N) is 1. The van der Waals surface area contributed by atoms with Crippen LogP contribution in [0.4, 0.5) is 5.69 Å². The van der Waals surface area contributed by atoms with E-state index < -0.39 is 11.0 Å². The summed E-state index contributed by atoms with van der Waals surface area (Å²) in [5.41, 5.74) is 6.14. The standard InChI is InChI=1S/C12H17N3O3/c1-3-8-5-6-11(9(7-8)15(16)17)18-10(4-2)12(13)14/h5-7,10H,3-4H2,1-2H3,(H3,13,14). The van der Waals surface area contributed by atoms with E-state index in [1.165, 1.54) is 6.07 Å². The molecule has 1 atom stereocenters. The zero-order chi connectivity index (χ0) is 13.7. The number of amidine groups is 1. The number of nitrogens with two attached hydrogens (primary N) is 1. The topological polar surface area (TPSA) is 102 Å². The van der Waals surface area contributed by atoms with Crippen LogP contribution in [0, 0.1) is 15.5 Å². The summed E-state index contributed by atoms with van der Waals surface area (Å²) in [5.74, 6) is 0.0191. The molecule has 0 heterocycles. The van der Waals surface area contributed by atoms with Crippen molar-refractivity contribution in [2.45, 2.75) is 32.8 Å². The SMILES string of the molecule is CCc1ccc(OC(CC)C(=N)N)c([N+](=O)[O-])c1. The van der Waals surface area contributed by atoms with Gasteiger partial charge in [0.15, 0.2) is 11.9 Å². The molecular formula is C12H17N3O3. The summed E-state index contributed by atoms with van der Waals surface area (Å²) in [6.07, 6.45) is 0.573. The minimum atomic E-state index is -0.629. The number of nitro groups is 1. The normalized spacial score (nSPS) is 11.9. The molecule has 0 aliphatic rings. The van der Waals surface area contributed by atoms with Crippen LogP contribution < -0.4 is 10.5 Å². The molecule has 98 valence electrons. The molecule has 0 fully saturated rings. The first kappa shape index (κ1) is 14.0. The number of benzene rings is 1. The first-order chi connectivity index (χ1) is 8.49. The van der Waals surface area contributed by atoms with E-state index in [4.69, 9.17) is 15.9 Å². The summed E-state index contributed by atoms with van der Waals surface area (Å²) >= 11 is 0. The fraction of sp³-hybridized carbons (Fsp3) is 0.417. The van der Waals surface area contributed by atoms with Crippen molar-refractivity contribution >= 4 is 11.5 Å². The van der Waals surface area contributed by atoms with Crippen molar-refractivity contribution in [2.24, 2.45) is 5.73 Å². The number of hydrogen-bond donors (Lipinski definition) is 2. The van der Waals surface area contributed by atoms with Gasteiger partial charge in [-0.1, -0.05) is 19.9 Å². The zero-order valence-corrected chi connectivity index (χ0v) is 10.5. The van der Waals surface area contributed by atoms with E-state index in [0.717, 1.165) is 5.56 Å². The second-order valence-electron chi connectivity index (χ2n) is 3.88. The molecule has 1 rings (SSSR count). The molecule has 0 radical (unpaired) electrons. The van der Waals surface area contributed by atoms with Crippen LogP contribution in [0.2, 0.25) is 0 Å². The Morgan fingerprint density at radius 3 is 2.67 bits per heavy atom. The van der Waals surface area contributed by atoms with Crippen LogP contribution in [-0.2, 0) is 6.42 Å². The van der Waals surface area contributed by atoms with Gasteiger partial charge in [-0.25, -0.2) is 0 Å². The average Bonchev–Trinajstić information content (AvgIpc) is 2.35. The highest BCUT2D eigenvalue weighted by Gasteiger charge is 2.20. The van der Waals surface area contributed by atoms with Crippen LogP contribution in [0.15, 0.2) is 18.2 Å². The van der Waals surface area contributed by atoms with Crippen molar-refractivity contribution in [1.82, 2.24) is 0 Å². The highest BCUT2D eigenvalue weighted by Crippen LogP contribution is 2.29. The Labute approximate surface area is 105 Å². The molecule has 0 aliphatic carbocycles. The van der Waals surface area contributed by atoms with E-state index in [-0.39, 0.29) is 17.3 Å². The third-order valence-electron chi connectivity index (χ3n) is 2.62. The number of nitrogens with one attached hydrogen (secondary N) is 1. The first-order valence-electron chi connectivity index (χ1n) is 5.77. The minimum Gasteiger partial charge on any atom is -0.475 e. The molecule has 1 aromatic rings. The van der Waals surface area contributed by atoms with Crippen LogP contribution in [-0.4, -0.2) is 16.9 Å². The van der Waals surface area contributed by atoms with Crippen LogP contribution in [0.1, 0.15) is 25.8 Å². The summed E-state index contributed by atoms with van der Waals surface area (Å²) in [4.78, 5) is 10.5. The molecule has 0 bridgehead atoms. The Morgan fingerprint density at radius 2 is 2.22 bits per heavy atom. The van der Waals surface area contributed by atoms with Crippen LogP contribution in [0.25, 0.3) is 0 Å². The van der Waals surface area contributed by atoms with Gasteiger partial charge >= 0.3 is 5.69 Å². The van der Waals surface area contributed by atoms with Crippen LogP contribution in [0.5, 0.6) is 5.75 Å². The monoisotopic (exact) mass is 251 g/mol. The van der Waals surface area contributed by atoms with Gasteiger partial charge in [-0.05, 0) is 24.5 Å². The third kappa shape index (κ3) is 3.19. The molecule has 1 unspecified atom stereocenters. The molecule has 1 aromatic carbocycles. The van der Waals surface area contributed by atoms with Crippen molar-refractivity contribution < 1.29 is 9.66 Å². The van der Waals surface area contributed by atoms with E-state index in [1.54, 1.807) is 19.1 Å². The van der Waals surface area contributed by atoms with Gasteiger partial charge in [-0.3, -0.25) is 15.5 Å². The summed E-state index contributed by atoms with van der Waals surface area (Å²) < 4.78 is 5.43. The minimum absolute atomic E-state index is 0.0888. The summed E-state index contributed by atoms with van der Waals surface area (Å²) in [6, 6.07) is 4.82. The number of aryl methyl sites for hydroxylation is 1. The number of hydrogen-bond acceptors (Lipinski definition) is 4. The van der Waals surface area contributed by atoms with Gasteiger partial charge in [-0.15, -0.1) is 0 Å². The summed E-state index contributed by atoms with van der Waals surface area (Å²) in [5, 5.41) is 18.3. The van der Waals surface area contributed by atoms with Crippen molar-refractivity contribution in [2.75, 3.05) is 0 Å². The summed E-state index contributed by atoms with van der Waals surface area (Å²) in [6.45, 7) is 3.72. The fourth-order valence-corrected chi connectivity index (χ4v) is 1.55.